The first kappa shape index (κ1) is 20.5. The zero-order valence-corrected chi connectivity index (χ0v) is 16.0. The van der Waals surface area contributed by atoms with E-state index in [-0.39, 0.29) is 22.8 Å². The van der Waals surface area contributed by atoms with Gasteiger partial charge in [0.05, 0.1) is 17.6 Å². The number of non-ortho nitro benzene ring substituents is 1. The van der Waals surface area contributed by atoms with Gasteiger partial charge in [0, 0.05) is 17.7 Å². The molecule has 3 aromatic carbocycles. The highest BCUT2D eigenvalue weighted by molar-refractivity contribution is 6.06. The SMILES string of the molecule is COc1ccc(C(=O)C=Cc2cccc(OC(=O)c3ccc([N+](=O)[O-])cc3)c2)cc1. The standard InChI is InChI=1S/C23H17NO6/c1-29-20-12-8-17(9-13-20)22(25)14-5-16-3-2-4-21(15-16)30-23(26)18-6-10-19(11-7-18)24(27)28/h2-15H,1H3. The molecule has 30 heavy (non-hydrogen) atoms. The lowest BCUT2D eigenvalue weighted by Gasteiger charge is -2.05. The van der Waals surface area contributed by atoms with Crippen LogP contribution in [0, 0.1) is 10.1 Å². The summed E-state index contributed by atoms with van der Waals surface area (Å²) in [6, 6.07) is 18.6. The summed E-state index contributed by atoms with van der Waals surface area (Å²) < 4.78 is 10.4. The van der Waals surface area contributed by atoms with Crippen molar-refractivity contribution in [3.05, 3.63) is 106 Å². The Morgan fingerprint density at radius 1 is 0.900 bits per heavy atom. The van der Waals surface area contributed by atoms with Crippen LogP contribution in [0.15, 0.2) is 78.9 Å². The second-order valence-electron chi connectivity index (χ2n) is 6.19. The van der Waals surface area contributed by atoms with Crippen molar-refractivity contribution in [2.24, 2.45) is 0 Å². The van der Waals surface area contributed by atoms with Crippen LogP contribution in [0.1, 0.15) is 26.3 Å². The van der Waals surface area contributed by atoms with E-state index in [4.69, 9.17) is 9.47 Å². The fourth-order valence-corrected chi connectivity index (χ4v) is 2.59. The molecule has 0 saturated carbocycles. The number of ether oxygens (including phenoxy) is 2. The van der Waals surface area contributed by atoms with Crippen molar-refractivity contribution in [1.29, 1.82) is 0 Å². The van der Waals surface area contributed by atoms with Gasteiger partial charge in [-0.25, -0.2) is 4.79 Å². The fraction of sp³-hybridized carbons (Fsp3) is 0.0435. The van der Waals surface area contributed by atoms with E-state index in [2.05, 4.69) is 0 Å². The Labute approximate surface area is 172 Å². The number of carbonyl (C=O) groups excluding carboxylic acids is 2. The number of nitro groups is 1. The summed E-state index contributed by atoms with van der Waals surface area (Å²) in [5, 5.41) is 10.7. The van der Waals surface area contributed by atoms with Crippen LogP contribution in [-0.2, 0) is 0 Å². The molecule has 3 rings (SSSR count). The molecule has 0 amide bonds. The Kier molecular flexibility index (Phi) is 6.34. The Bertz CT molecular complexity index is 1100. The molecule has 7 nitrogen and oxygen atoms in total. The minimum absolute atomic E-state index is 0.111. The molecule has 0 aliphatic rings. The van der Waals surface area contributed by atoms with Crippen LogP contribution in [0.3, 0.4) is 0 Å². The molecule has 0 aliphatic carbocycles. The number of ketones is 1. The molecule has 0 unspecified atom stereocenters. The lowest BCUT2D eigenvalue weighted by atomic mass is 10.1. The van der Waals surface area contributed by atoms with Crippen LogP contribution in [0.2, 0.25) is 0 Å². The summed E-state index contributed by atoms with van der Waals surface area (Å²) in [7, 11) is 1.55. The van der Waals surface area contributed by atoms with E-state index < -0.39 is 10.9 Å². The number of hydrogen-bond acceptors (Lipinski definition) is 6. The van der Waals surface area contributed by atoms with Gasteiger partial charge in [-0.1, -0.05) is 18.2 Å². The average Bonchev–Trinajstić information content (AvgIpc) is 2.77. The normalized spacial score (nSPS) is 10.6. The van der Waals surface area contributed by atoms with Gasteiger partial charge in [0.1, 0.15) is 11.5 Å². The molecule has 0 bridgehead atoms. The van der Waals surface area contributed by atoms with Gasteiger partial charge in [0.2, 0.25) is 0 Å². The third kappa shape index (κ3) is 5.17. The molecule has 0 aliphatic heterocycles. The van der Waals surface area contributed by atoms with Crippen LogP contribution < -0.4 is 9.47 Å². The molecule has 0 saturated heterocycles. The predicted octanol–water partition coefficient (Wildman–Crippen LogP) is 4.72. The monoisotopic (exact) mass is 403 g/mol. The Balaban J connectivity index is 1.67. The number of hydrogen-bond donors (Lipinski definition) is 0. The molecule has 0 spiro atoms. The van der Waals surface area contributed by atoms with E-state index in [0.29, 0.717) is 16.9 Å². The first-order chi connectivity index (χ1) is 14.5. The van der Waals surface area contributed by atoms with Gasteiger partial charge in [-0.05, 0) is 60.2 Å². The van der Waals surface area contributed by atoms with Crippen LogP contribution in [-0.4, -0.2) is 23.8 Å². The smallest absolute Gasteiger partial charge is 0.343 e. The maximum Gasteiger partial charge on any atom is 0.343 e. The predicted molar refractivity (Wildman–Crippen MR) is 111 cm³/mol. The number of esters is 1. The summed E-state index contributed by atoms with van der Waals surface area (Å²) >= 11 is 0. The van der Waals surface area contributed by atoms with Gasteiger partial charge in [-0.3, -0.25) is 14.9 Å². The third-order valence-electron chi connectivity index (χ3n) is 4.18. The van der Waals surface area contributed by atoms with Gasteiger partial charge in [0.15, 0.2) is 5.78 Å². The summed E-state index contributed by atoms with van der Waals surface area (Å²) in [5.74, 6) is 0.140. The molecule has 150 valence electrons. The number of carbonyl (C=O) groups is 2. The largest absolute Gasteiger partial charge is 0.497 e. The number of nitro benzene ring substituents is 1. The number of allylic oxidation sites excluding steroid dienone is 1. The van der Waals surface area contributed by atoms with Gasteiger partial charge in [-0.15, -0.1) is 0 Å². The molecular weight excluding hydrogens is 386 g/mol. The molecule has 0 heterocycles. The highest BCUT2D eigenvalue weighted by atomic mass is 16.6. The van der Waals surface area contributed by atoms with Crippen molar-refractivity contribution < 1.29 is 24.0 Å². The fourth-order valence-electron chi connectivity index (χ4n) is 2.59. The lowest BCUT2D eigenvalue weighted by Crippen LogP contribution is -2.08. The van der Waals surface area contributed by atoms with E-state index in [9.17, 15) is 19.7 Å². The minimum Gasteiger partial charge on any atom is -0.497 e. The second-order valence-corrected chi connectivity index (χ2v) is 6.19. The van der Waals surface area contributed by atoms with Crippen molar-refractivity contribution in [3.8, 4) is 11.5 Å². The molecule has 0 aromatic heterocycles. The minimum atomic E-state index is -0.639. The Hall–Kier alpha value is -4.26. The highest BCUT2D eigenvalue weighted by Gasteiger charge is 2.11. The molecule has 0 fully saturated rings. The van der Waals surface area contributed by atoms with Crippen molar-refractivity contribution in [1.82, 2.24) is 0 Å². The van der Waals surface area contributed by atoms with Crippen LogP contribution >= 0.6 is 0 Å². The molecule has 0 radical (unpaired) electrons. The van der Waals surface area contributed by atoms with E-state index in [1.165, 1.54) is 30.3 Å². The maximum atomic E-state index is 12.3. The van der Waals surface area contributed by atoms with Crippen molar-refractivity contribution >= 4 is 23.5 Å². The van der Waals surface area contributed by atoms with Crippen LogP contribution in [0.5, 0.6) is 11.5 Å². The van der Waals surface area contributed by atoms with Crippen LogP contribution in [0.4, 0.5) is 5.69 Å². The zero-order chi connectivity index (χ0) is 21.5. The van der Waals surface area contributed by atoms with E-state index >= 15 is 0 Å². The zero-order valence-electron chi connectivity index (χ0n) is 16.0. The summed E-state index contributed by atoms with van der Waals surface area (Å²) in [6.45, 7) is 0. The number of nitrogens with zero attached hydrogens (tertiary/aromatic N) is 1. The molecule has 7 heteroatoms. The molecule has 0 atom stereocenters. The Morgan fingerprint density at radius 3 is 2.20 bits per heavy atom. The lowest BCUT2D eigenvalue weighted by molar-refractivity contribution is -0.384. The van der Waals surface area contributed by atoms with Crippen molar-refractivity contribution in [3.63, 3.8) is 0 Å². The van der Waals surface area contributed by atoms with Gasteiger partial charge >= 0.3 is 5.97 Å². The molecule has 3 aromatic rings. The van der Waals surface area contributed by atoms with Crippen molar-refractivity contribution in [2.45, 2.75) is 0 Å². The third-order valence-corrected chi connectivity index (χ3v) is 4.18. The van der Waals surface area contributed by atoms with E-state index in [1.54, 1.807) is 61.7 Å². The van der Waals surface area contributed by atoms with Gasteiger partial charge in [0.25, 0.3) is 5.69 Å². The topological polar surface area (TPSA) is 95.7 Å². The summed E-state index contributed by atoms with van der Waals surface area (Å²) in [4.78, 5) is 34.7. The maximum absolute atomic E-state index is 12.3. The van der Waals surface area contributed by atoms with E-state index in [1.807, 2.05) is 0 Å². The quantitative estimate of drug-likeness (QED) is 0.141. The average molecular weight is 403 g/mol. The number of rotatable bonds is 7. The Morgan fingerprint density at radius 2 is 1.57 bits per heavy atom. The second kappa shape index (κ2) is 9.29. The van der Waals surface area contributed by atoms with Crippen LogP contribution in [0.25, 0.3) is 6.08 Å². The van der Waals surface area contributed by atoms with Crippen molar-refractivity contribution in [2.75, 3.05) is 7.11 Å². The van der Waals surface area contributed by atoms with E-state index in [0.717, 1.165) is 0 Å². The van der Waals surface area contributed by atoms with Gasteiger partial charge < -0.3 is 9.47 Å². The number of methoxy groups -OCH3 is 1. The molecule has 0 N–H and O–H groups in total. The first-order valence-electron chi connectivity index (χ1n) is 8.89. The number of benzene rings is 3. The van der Waals surface area contributed by atoms with Gasteiger partial charge in [-0.2, -0.15) is 0 Å². The summed E-state index contributed by atoms with van der Waals surface area (Å²) in [5.41, 5.74) is 1.27. The molecular formula is C23H17NO6. The first-order valence-corrected chi connectivity index (χ1v) is 8.89. The summed E-state index contributed by atoms with van der Waals surface area (Å²) in [6.07, 6.45) is 3.05. The highest BCUT2D eigenvalue weighted by Crippen LogP contribution is 2.18.